The Labute approximate surface area is 108 Å². The van der Waals surface area contributed by atoms with Crippen LogP contribution in [0.4, 0.5) is 11.4 Å². The predicted molar refractivity (Wildman–Crippen MR) is 69.1 cm³/mol. The number of benzene rings is 1. The molecule has 0 aliphatic carbocycles. The molecule has 0 aliphatic heterocycles. The van der Waals surface area contributed by atoms with E-state index in [4.69, 9.17) is 5.11 Å². The number of hydrogen-bond donors (Lipinski definition) is 2. The van der Waals surface area contributed by atoms with Gasteiger partial charge in [0.15, 0.2) is 0 Å². The minimum Gasteiger partial charge on any atom is -0.481 e. The molecular formula is C12H11N3O4. The third-order valence-electron chi connectivity index (χ3n) is 2.59. The van der Waals surface area contributed by atoms with Gasteiger partial charge in [-0.25, -0.2) is 0 Å². The first-order valence-electron chi connectivity index (χ1n) is 5.57. The molecule has 0 aliphatic rings. The molecule has 2 rings (SSSR count). The number of nitro groups is 1. The summed E-state index contributed by atoms with van der Waals surface area (Å²) in [5, 5.41) is 22.9. The van der Waals surface area contributed by atoms with Crippen molar-refractivity contribution < 1.29 is 14.8 Å². The van der Waals surface area contributed by atoms with Crippen LogP contribution in [0.15, 0.2) is 30.5 Å². The van der Waals surface area contributed by atoms with Gasteiger partial charge in [-0.2, -0.15) is 0 Å². The molecule has 0 saturated heterocycles. The summed E-state index contributed by atoms with van der Waals surface area (Å²) >= 11 is 0. The average molecular weight is 261 g/mol. The van der Waals surface area contributed by atoms with Gasteiger partial charge in [-0.15, -0.1) is 0 Å². The van der Waals surface area contributed by atoms with E-state index in [1.54, 1.807) is 24.4 Å². The van der Waals surface area contributed by atoms with Gasteiger partial charge < -0.3 is 10.4 Å². The van der Waals surface area contributed by atoms with E-state index in [0.717, 1.165) is 0 Å². The first kappa shape index (κ1) is 12.7. The van der Waals surface area contributed by atoms with E-state index in [0.29, 0.717) is 16.6 Å². The van der Waals surface area contributed by atoms with Crippen molar-refractivity contribution >= 4 is 28.2 Å². The number of aromatic nitrogens is 1. The highest BCUT2D eigenvalue weighted by Crippen LogP contribution is 2.32. The molecule has 1 aromatic heterocycles. The van der Waals surface area contributed by atoms with Crippen LogP contribution in [0.5, 0.6) is 0 Å². The van der Waals surface area contributed by atoms with E-state index in [1.165, 1.54) is 6.07 Å². The molecule has 2 aromatic rings. The molecule has 0 atom stereocenters. The highest BCUT2D eigenvalue weighted by Gasteiger charge is 2.18. The van der Waals surface area contributed by atoms with Crippen LogP contribution in [-0.4, -0.2) is 27.5 Å². The summed E-state index contributed by atoms with van der Waals surface area (Å²) in [5.74, 6) is -0.961. The zero-order chi connectivity index (χ0) is 13.8. The quantitative estimate of drug-likeness (QED) is 0.630. The second-order valence-electron chi connectivity index (χ2n) is 3.86. The van der Waals surface area contributed by atoms with E-state index in [1.807, 2.05) is 0 Å². The summed E-state index contributed by atoms with van der Waals surface area (Å²) in [5.41, 5.74) is 0.737. The molecule has 7 nitrogen and oxygen atoms in total. The standard InChI is InChI=1S/C12H11N3O4/c16-11(17)5-7-14-10-4-3-9-8(2-1-6-13-9)12(10)15(18)19/h1-4,6,14H,5,7H2,(H,16,17). The third-order valence-corrected chi connectivity index (χ3v) is 2.59. The Kier molecular flexibility index (Phi) is 3.56. The van der Waals surface area contributed by atoms with E-state index in [2.05, 4.69) is 10.3 Å². The Bertz CT molecular complexity index is 642. The van der Waals surface area contributed by atoms with Crippen LogP contribution < -0.4 is 5.32 Å². The van der Waals surface area contributed by atoms with Crippen molar-refractivity contribution in [3.63, 3.8) is 0 Å². The van der Waals surface area contributed by atoms with Crippen LogP contribution in [0.2, 0.25) is 0 Å². The molecule has 0 spiro atoms. The highest BCUT2D eigenvalue weighted by molar-refractivity contribution is 5.94. The zero-order valence-electron chi connectivity index (χ0n) is 9.87. The highest BCUT2D eigenvalue weighted by atomic mass is 16.6. The number of anilines is 1. The number of pyridine rings is 1. The molecule has 1 aromatic carbocycles. The summed E-state index contributed by atoms with van der Waals surface area (Å²) in [4.78, 5) is 25.1. The molecule has 0 bridgehead atoms. The van der Waals surface area contributed by atoms with E-state index >= 15 is 0 Å². The Morgan fingerprint density at radius 3 is 2.89 bits per heavy atom. The second-order valence-corrected chi connectivity index (χ2v) is 3.86. The third kappa shape index (κ3) is 2.76. The van der Waals surface area contributed by atoms with Gasteiger partial charge in [0.1, 0.15) is 5.69 Å². The monoisotopic (exact) mass is 261 g/mol. The largest absolute Gasteiger partial charge is 0.481 e. The first-order valence-corrected chi connectivity index (χ1v) is 5.57. The van der Waals surface area contributed by atoms with Crippen molar-refractivity contribution in [2.75, 3.05) is 11.9 Å². The first-order chi connectivity index (χ1) is 9.09. The van der Waals surface area contributed by atoms with Crippen LogP contribution in [0.3, 0.4) is 0 Å². The van der Waals surface area contributed by atoms with Crippen LogP contribution in [0, 0.1) is 10.1 Å². The minimum atomic E-state index is -0.961. The Balaban J connectivity index is 2.40. The Hall–Kier alpha value is -2.70. The van der Waals surface area contributed by atoms with Crippen LogP contribution in [0.25, 0.3) is 10.9 Å². The van der Waals surface area contributed by atoms with Gasteiger partial charge in [-0.1, -0.05) is 0 Å². The maximum atomic E-state index is 11.2. The lowest BCUT2D eigenvalue weighted by atomic mass is 10.1. The van der Waals surface area contributed by atoms with Gasteiger partial charge >= 0.3 is 11.7 Å². The fourth-order valence-corrected chi connectivity index (χ4v) is 1.78. The molecule has 0 amide bonds. The normalized spacial score (nSPS) is 10.3. The van der Waals surface area contributed by atoms with Crippen LogP contribution >= 0.6 is 0 Å². The molecule has 0 unspecified atom stereocenters. The van der Waals surface area contributed by atoms with Gasteiger partial charge in [-0.3, -0.25) is 19.9 Å². The van der Waals surface area contributed by atoms with Gasteiger partial charge in [0.25, 0.3) is 0 Å². The van der Waals surface area contributed by atoms with Crippen molar-refractivity contribution in [2.45, 2.75) is 6.42 Å². The SMILES string of the molecule is O=C(O)CCNc1ccc2ncccc2c1[N+](=O)[O-]. The number of nitrogens with one attached hydrogen (secondary N) is 1. The topological polar surface area (TPSA) is 105 Å². The molecule has 2 N–H and O–H groups in total. The lowest BCUT2D eigenvalue weighted by Gasteiger charge is -2.07. The van der Waals surface area contributed by atoms with Gasteiger partial charge in [0.2, 0.25) is 0 Å². The van der Waals surface area contributed by atoms with Crippen molar-refractivity contribution in [2.24, 2.45) is 0 Å². The molecule has 1 heterocycles. The molecule has 98 valence electrons. The van der Waals surface area contributed by atoms with Crippen molar-refractivity contribution in [3.8, 4) is 0 Å². The predicted octanol–water partition coefficient (Wildman–Crippen LogP) is 2.03. The molecule has 7 heteroatoms. The number of rotatable bonds is 5. The van der Waals surface area contributed by atoms with Gasteiger partial charge in [0.05, 0.1) is 22.2 Å². The number of hydrogen-bond acceptors (Lipinski definition) is 5. The molecule has 19 heavy (non-hydrogen) atoms. The number of nitro benzene ring substituents is 1. The summed E-state index contributed by atoms with van der Waals surface area (Å²) in [7, 11) is 0. The second kappa shape index (κ2) is 5.30. The maximum Gasteiger partial charge on any atom is 0.305 e. The molecule has 0 fully saturated rings. The summed E-state index contributed by atoms with van der Waals surface area (Å²) in [6.07, 6.45) is 1.45. The minimum absolute atomic E-state index is 0.0870. The van der Waals surface area contributed by atoms with Gasteiger partial charge in [0, 0.05) is 12.7 Å². The number of carboxylic acids is 1. The Morgan fingerprint density at radius 2 is 2.21 bits per heavy atom. The number of carbonyl (C=O) groups is 1. The lowest BCUT2D eigenvalue weighted by Crippen LogP contribution is -2.09. The summed E-state index contributed by atoms with van der Waals surface area (Å²) in [6, 6.07) is 6.43. The van der Waals surface area contributed by atoms with Crippen LogP contribution in [-0.2, 0) is 4.79 Å². The van der Waals surface area contributed by atoms with E-state index < -0.39 is 10.9 Å². The van der Waals surface area contributed by atoms with Crippen molar-refractivity contribution in [1.29, 1.82) is 0 Å². The number of aliphatic carboxylic acids is 1. The Morgan fingerprint density at radius 1 is 1.42 bits per heavy atom. The number of fused-ring (bicyclic) bond motifs is 1. The summed E-state index contributed by atoms with van der Waals surface area (Å²) < 4.78 is 0. The molecule has 0 saturated carbocycles. The fraction of sp³-hybridized carbons (Fsp3) is 0.167. The van der Waals surface area contributed by atoms with Crippen molar-refractivity contribution in [3.05, 3.63) is 40.6 Å². The van der Waals surface area contributed by atoms with E-state index in [-0.39, 0.29) is 18.7 Å². The lowest BCUT2D eigenvalue weighted by molar-refractivity contribution is -0.382. The maximum absolute atomic E-state index is 11.2. The number of nitrogens with zero attached hydrogens (tertiary/aromatic N) is 2. The zero-order valence-corrected chi connectivity index (χ0v) is 9.87. The van der Waals surface area contributed by atoms with Crippen molar-refractivity contribution in [1.82, 2.24) is 4.98 Å². The van der Waals surface area contributed by atoms with E-state index in [9.17, 15) is 14.9 Å². The fourth-order valence-electron chi connectivity index (χ4n) is 1.78. The van der Waals surface area contributed by atoms with Crippen LogP contribution in [0.1, 0.15) is 6.42 Å². The molecular weight excluding hydrogens is 250 g/mol. The number of carboxylic acid groups (broad SMARTS) is 1. The average Bonchev–Trinajstić information content (AvgIpc) is 2.37. The smallest absolute Gasteiger partial charge is 0.305 e. The van der Waals surface area contributed by atoms with Gasteiger partial charge in [-0.05, 0) is 24.3 Å². The summed E-state index contributed by atoms with van der Waals surface area (Å²) in [6.45, 7) is 0.127. The molecule has 0 radical (unpaired) electrons.